The summed E-state index contributed by atoms with van der Waals surface area (Å²) < 4.78 is 12.0. The number of nitrogens with zero attached hydrogens (tertiary/aromatic N) is 2. The number of rotatable bonds is 42. The van der Waals surface area contributed by atoms with Crippen molar-refractivity contribution in [1.82, 2.24) is 42.6 Å². The Morgan fingerprint density at radius 2 is 1.23 bits per heavy atom. The second-order valence-electron chi connectivity index (χ2n) is 24.1. The number of nitrogens with two attached hydrogens (primary N) is 1. The van der Waals surface area contributed by atoms with Gasteiger partial charge in [0.05, 0.1) is 42.7 Å². The number of carboxylic acids is 3. The molecule has 0 aliphatic heterocycles. The average Bonchev–Trinajstić information content (AvgIpc) is 3.56. The Balaban J connectivity index is 0.00000354. The predicted molar refractivity (Wildman–Crippen MR) is 325 cm³/mol. The van der Waals surface area contributed by atoms with E-state index in [1.807, 2.05) is 69.2 Å². The number of nitrogens with one attached hydrogen (secondary N) is 8. The number of aliphatic carboxylic acids is 3. The molecule has 28 heteroatoms. The fourth-order valence-electron chi connectivity index (χ4n) is 9.58. The highest BCUT2D eigenvalue weighted by molar-refractivity contribution is 5.94. The van der Waals surface area contributed by atoms with E-state index in [1.54, 1.807) is 36.9 Å². The van der Waals surface area contributed by atoms with E-state index in [0.717, 1.165) is 19.3 Å². The second kappa shape index (κ2) is 41.9. The number of amides is 7. The number of carbonyl (C=O) groups is 10. The van der Waals surface area contributed by atoms with Gasteiger partial charge in [-0.15, -0.1) is 4.91 Å². The van der Waals surface area contributed by atoms with Crippen LogP contribution in [0.2, 0.25) is 0 Å². The van der Waals surface area contributed by atoms with E-state index >= 15 is 0 Å². The SMILES string of the molecule is CC.CC(C)(CCOC(C)(C)CCC(=O)NC(CCCCNC(=O)c1ccc(NCCN(N=O)NO)cc1)C(N)=O)OCCNC(=O)C(CCC(=O)O)NC(=O)CCC(NC(=O)C1CCCCC1)C(=O)O.CNC(=O)CC(C)(C)CC(C)(C)CC(=O)O. The van der Waals surface area contributed by atoms with Gasteiger partial charge in [0, 0.05) is 69.5 Å². The van der Waals surface area contributed by atoms with Crippen molar-refractivity contribution in [2.24, 2.45) is 27.8 Å². The Bertz CT molecular complexity index is 2310. The maximum Gasteiger partial charge on any atom is 0.326 e. The smallest absolute Gasteiger partial charge is 0.326 e. The van der Waals surface area contributed by atoms with Gasteiger partial charge in [0.2, 0.25) is 35.4 Å². The zero-order valence-corrected chi connectivity index (χ0v) is 53.2. The van der Waals surface area contributed by atoms with Crippen molar-refractivity contribution in [2.45, 2.75) is 214 Å². The highest BCUT2D eigenvalue weighted by atomic mass is 16.5. The largest absolute Gasteiger partial charge is 0.481 e. The van der Waals surface area contributed by atoms with Gasteiger partial charge < -0.3 is 67.7 Å². The molecule has 1 aliphatic rings. The highest BCUT2D eigenvalue weighted by Gasteiger charge is 2.33. The van der Waals surface area contributed by atoms with E-state index in [4.69, 9.17) is 25.5 Å². The van der Waals surface area contributed by atoms with Crippen LogP contribution in [0.4, 0.5) is 5.69 Å². The van der Waals surface area contributed by atoms with E-state index in [1.165, 1.54) is 0 Å². The summed E-state index contributed by atoms with van der Waals surface area (Å²) in [6.45, 7) is 20.2. The Labute approximate surface area is 512 Å². The molecule has 87 heavy (non-hydrogen) atoms. The molecule has 3 unspecified atom stereocenters. The standard InChI is InChI=1S/C45H74N10O14.C12H23NO3.C2H6/c1-44(2,22-21-37(57)50-33(39(46)60)12-8-9-24-48-40(61)31-13-15-32(16-14-31)47-25-27-55(53-66)54-67)68-28-23-45(3,4)69-29-26-49-42(63)34(18-20-38(58)59)51-36(56)19-17-35(43(64)65)52-41(62)30-10-6-5-7-11-30;1-11(2,6-9(14)13-5)8-12(3,4)7-10(15)16;1-2/h13-16,30,33-35,47,53,66H,5-12,17-29H2,1-4H3,(H2,46,60)(H,48,61)(H,49,63)(H,50,57)(H,51,56)(H,52,62)(H,58,59)(H,64,65);6-8H2,1-5H3,(H,13,14)(H,15,16);1-2H3. The second-order valence-corrected chi connectivity index (χ2v) is 24.1. The Morgan fingerprint density at radius 3 is 1.79 bits per heavy atom. The molecule has 2 rings (SSSR count). The fourth-order valence-corrected chi connectivity index (χ4v) is 9.58. The molecule has 14 N–H and O–H groups in total. The van der Waals surface area contributed by atoms with Crippen molar-refractivity contribution in [3.05, 3.63) is 34.7 Å². The Kier molecular flexibility index (Phi) is 38.6. The molecule has 1 aliphatic carbocycles. The topological polar surface area (TPSA) is 425 Å². The molecule has 0 saturated heterocycles. The first-order valence-corrected chi connectivity index (χ1v) is 30.0. The lowest BCUT2D eigenvalue weighted by atomic mass is 9.72. The quantitative estimate of drug-likeness (QED) is 0.0231. The summed E-state index contributed by atoms with van der Waals surface area (Å²) >= 11 is 0. The minimum atomic E-state index is -1.29. The third-order valence-electron chi connectivity index (χ3n) is 14.0. The van der Waals surface area contributed by atoms with Crippen LogP contribution in [0.5, 0.6) is 0 Å². The minimum Gasteiger partial charge on any atom is -0.481 e. The Hall–Kier alpha value is -7.04. The first-order valence-electron chi connectivity index (χ1n) is 30.0. The number of carbonyl (C=O) groups excluding carboxylic acids is 7. The zero-order chi connectivity index (χ0) is 66.4. The van der Waals surface area contributed by atoms with Crippen LogP contribution in [0.15, 0.2) is 29.6 Å². The van der Waals surface area contributed by atoms with Crippen molar-refractivity contribution in [1.29, 1.82) is 0 Å². The van der Waals surface area contributed by atoms with Gasteiger partial charge in [-0.25, -0.2) is 4.79 Å². The molecule has 3 atom stereocenters. The molecule has 7 amide bonds. The minimum absolute atomic E-state index is 0.00359. The monoisotopic (exact) mass is 1240 g/mol. The lowest BCUT2D eigenvalue weighted by Gasteiger charge is -2.33. The number of hydrazine groups is 1. The van der Waals surface area contributed by atoms with Crippen molar-refractivity contribution in [2.75, 3.05) is 51.8 Å². The van der Waals surface area contributed by atoms with Gasteiger partial charge in [-0.1, -0.05) is 66.4 Å². The lowest BCUT2D eigenvalue weighted by Crippen LogP contribution is -2.49. The van der Waals surface area contributed by atoms with Gasteiger partial charge in [0.15, 0.2) is 0 Å². The predicted octanol–water partition coefficient (Wildman–Crippen LogP) is 5.07. The van der Waals surface area contributed by atoms with Crippen LogP contribution in [-0.4, -0.2) is 161 Å². The maximum atomic E-state index is 13.0. The molecule has 0 radical (unpaired) electrons. The van der Waals surface area contributed by atoms with Crippen molar-refractivity contribution in [3.63, 3.8) is 0 Å². The molecule has 1 aromatic carbocycles. The molecule has 496 valence electrons. The van der Waals surface area contributed by atoms with Gasteiger partial charge in [-0.05, 0) is 127 Å². The molecule has 28 nitrogen and oxygen atoms in total. The number of hydrogen-bond donors (Lipinski definition) is 13. The first-order chi connectivity index (χ1) is 40.7. The van der Waals surface area contributed by atoms with Crippen molar-refractivity contribution >= 4 is 64.9 Å². The van der Waals surface area contributed by atoms with Crippen molar-refractivity contribution < 1.29 is 77.9 Å². The molecule has 0 heterocycles. The summed E-state index contributed by atoms with van der Waals surface area (Å²) in [5.41, 5.74) is 6.42. The molecule has 0 aromatic heterocycles. The summed E-state index contributed by atoms with van der Waals surface area (Å²) in [7, 11) is 1.61. The zero-order valence-electron chi connectivity index (χ0n) is 53.2. The number of hydrogen-bond acceptors (Lipinski definition) is 17. The molecule has 1 saturated carbocycles. The molecular weight excluding hydrogens is 1130 g/mol. The van der Waals surface area contributed by atoms with E-state index in [2.05, 4.69) is 42.5 Å². The van der Waals surface area contributed by atoms with E-state index in [-0.39, 0.29) is 105 Å². The number of anilines is 1. The number of unbranched alkanes of at least 4 members (excludes halogenated alkanes) is 1. The van der Waals surface area contributed by atoms with Crippen LogP contribution in [0.1, 0.15) is 195 Å². The molecule has 0 bridgehead atoms. The summed E-state index contributed by atoms with van der Waals surface area (Å²) in [4.78, 5) is 132. The number of primary amides is 1. The van der Waals surface area contributed by atoms with E-state index in [9.17, 15) is 63.1 Å². The van der Waals surface area contributed by atoms with E-state index < -0.39 is 71.4 Å². The molecule has 1 aromatic rings. The molecular formula is C59H103N11O17. The van der Waals surface area contributed by atoms with Crippen LogP contribution in [0, 0.1) is 21.7 Å². The summed E-state index contributed by atoms with van der Waals surface area (Å²) in [5.74, 6) is -6.54. The normalized spacial score (nSPS) is 13.7. The summed E-state index contributed by atoms with van der Waals surface area (Å²) in [5, 5.41) is 58.4. The summed E-state index contributed by atoms with van der Waals surface area (Å²) in [6, 6.07) is 3.23. The van der Waals surface area contributed by atoms with Gasteiger partial charge in [-0.3, -0.25) is 48.4 Å². The molecule has 0 spiro atoms. The number of benzene rings is 1. The number of nitroso groups, excluding NO2 is 1. The Morgan fingerprint density at radius 1 is 0.655 bits per heavy atom. The fraction of sp³-hybridized carbons (Fsp3) is 0.729. The van der Waals surface area contributed by atoms with Crippen LogP contribution in [0.25, 0.3) is 0 Å². The molecule has 1 fully saturated rings. The van der Waals surface area contributed by atoms with Gasteiger partial charge in [0.25, 0.3) is 5.91 Å². The number of ether oxygens (including phenoxy) is 2. The summed E-state index contributed by atoms with van der Waals surface area (Å²) in [6.07, 6.45) is 6.39. The first kappa shape index (κ1) is 80.0. The average molecular weight is 1240 g/mol. The number of carboxylic acid groups (broad SMARTS) is 3. The third-order valence-corrected chi connectivity index (χ3v) is 14.0. The lowest BCUT2D eigenvalue weighted by molar-refractivity contribution is -0.143. The van der Waals surface area contributed by atoms with Gasteiger partial charge >= 0.3 is 17.9 Å². The highest BCUT2D eigenvalue weighted by Crippen LogP contribution is 2.38. The maximum absolute atomic E-state index is 13.0. The van der Waals surface area contributed by atoms with Crippen LogP contribution < -0.4 is 48.5 Å². The van der Waals surface area contributed by atoms with Crippen molar-refractivity contribution in [3.8, 4) is 0 Å². The van der Waals surface area contributed by atoms with E-state index in [0.29, 0.717) is 80.8 Å². The van der Waals surface area contributed by atoms with Crippen LogP contribution in [0.3, 0.4) is 0 Å². The van der Waals surface area contributed by atoms with Crippen LogP contribution in [-0.2, 0) is 52.6 Å². The van der Waals surface area contributed by atoms with Gasteiger partial charge in [-0.2, -0.15) is 5.12 Å². The van der Waals surface area contributed by atoms with Crippen LogP contribution >= 0.6 is 0 Å². The third kappa shape index (κ3) is 38.0. The van der Waals surface area contributed by atoms with Gasteiger partial charge in [0.1, 0.15) is 18.1 Å².